The van der Waals surface area contributed by atoms with Gasteiger partial charge in [-0.15, -0.1) is 0 Å². The summed E-state index contributed by atoms with van der Waals surface area (Å²) in [7, 11) is 0. The molecule has 21 heavy (non-hydrogen) atoms. The van der Waals surface area contributed by atoms with E-state index < -0.39 is 10.9 Å². The van der Waals surface area contributed by atoms with E-state index in [9.17, 15) is 20.0 Å². The van der Waals surface area contributed by atoms with Crippen molar-refractivity contribution in [2.75, 3.05) is 5.32 Å². The van der Waals surface area contributed by atoms with Gasteiger partial charge in [0, 0.05) is 17.8 Å². The Balaban J connectivity index is 2.31. The van der Waals surface area contributed by atoms with E-state index in [0.717, 1.165) is 11.8 Å². The van der Waals surface area contributed by atoms with Crippen LogP contribution in [0.3, 0.4) is 0 Å². The molecular formula is C14H14N2O5. The number of nitrogens with one attached hydrogen (secondary N) is 1. The lowest BCUT2D eigenvalue weighted by Crippen LogP contribution is -2.10. The number of nitro benzene ring substituents is 1. The van der Waals surface area contributed by atoms with E-state index in [4.69, 9.17) is 4.42 Å². The second-order valence-corrected chi connectivity index (χ2v) is 4.61. The zero-order valence-electron chi connectivity index (χ0n) is 11.5. The summed E-state index contributed by atoms with van der Waals surface area (Å²) in [6.45, 7) is 3.62. The van der Waals surface area contributed by atoms with Crippen LogP contribution in [-0.4, -0.2) is 16.0 Å². The molecule has 2 rings (SSSR count). The third-order valence-electron chi connectivity index (χ3n) is 3.00. The summed E-state index contributed by atoms with van der Waals surface area (Å²) < 4.78 is 5.46. The third kappa shape index (κ3) is 3.19. The van der Waals surface area contributed by atoms with Crippen LogP contribution in [0.2, 0.25) is 0 Å². The van der Waals surface area contributed by atoms with Crippen LogP contribution < -0.4 is 5.32 Å². The van der Waals surface area contributed by atoms with Crippen LogP contribution in [0.1, 0.15) is 34.8 Å². The van der Waals surface area contributed by atoms with Crippen molar-refractivity contribution in [1.29, 1.82) is 0 Å². The number of aryl methyl sites for hydroxylation is 1. The van der Waals surface area contributed by atoms with Crippen LogP contribution in [0.15, 0.2) is 34.7 Å². The Morgan fingerprint density at radius 2 is 2.10 bits per heavy atom. The molecule has 1 aromatic carbocycles. The van der Waals surface area contributed by atoms with Gasteiger partial charge in [0.2, 0.25) is 0 Å². The number of furan rings is 1. The van der Waals surface area contributed by atoms with Gasteiger partial charge in [0.25, 0.3) is 5.69 Å². The Hall–Kier alpha value is -2.83. The van der Waals surface area contributed by atoms with Crippen LogP contribution in [0, 0.1) is 17.0 Å². The van der Waals surface area contributed by atoms with Gasteiger partial charge in [-0.3, -0.25) is 10.1 Å². The molecule has 1 atom stereocenters. The van der Waals surface area contributed by atoms with Gasteiger partial charge in [-0.25, -0.2) is 4.79 Å². The molecule has 110 valence electrons. The first-order chi connectivity index (χ1) is 9.88. The Morgan fingerprint density at radius 1 is 1.38 bits per heavy atom. The zero-order valence-corrected chi connectivity index (χ0v) is 11.5. The summed E-state index contributed by atoms with van der Waals surface area (Å²) in [5.74, 6) is 0.173. The minimum Gasteiger partial charge on any atom is -0.478 e. The maximum atomic E-state index is 11.2. The minimum atomic E-state index is -1.23. The smallest absolute Gasteiger partial charge is 0.338 e. The summed E-state index contributed by atoms with van der Waals surface area (Å²) in [6, 6.07) is 7.01. The Bertz CT molecular complexity index is 692. The van der Waals surface area contributed by atoms with E-state index in [0.29, 0.717) is 11.4 Å². The lowest BCUT2D eigenvalue weighted by atomic mass is 10.1. The molecule has 7 heteroatoms. The average Bonchev–Trinajstić information content (AvgIpc) is 2.85. The first kappa shape index (κ1) is 14.6. The summed E-state index contributed by atoms with van der Waals surface area (Å²) in [5, 5.41) is 22.9. The standard InChI is InChI=1S/C14H14N2O5/c1-8-3-6-13(21-8)9(2)15-12-5-4-10(16(19)20)7-11(12)14(17)18/h3-7,9,15H,1-2H3,(H,17,18). The van der Waals surface area contributed by atoms with Gasteiger partial charge < -0.3 is 14.8 Å². The van der Waals surface area contributed by atoms with E-state index in [1.54, 1.807) is 6.07 Å². The maximum Gasteiger partial charge on any atom is 0.338 e. The number of carboxylic acid groups (broad SMARTS) is 1. The molecule has 0 aliphatic rings. The molecule has 0 radical (unpaired) electrons. The van der Waals surface area contributed by atoms with Crippen LogP contribution in [0.5, 0.6) is 0 Å². The normalized spacial score (nSPS) is 11.9. The highest BCUT2D eigenvalue weighted by molar-refractivity contribution is 5.95. The first-order valence-electron chi connectivity index (χ1n) is 6.23. The molecule has 0 spiro atoms. The fourth-order valence-corrected chi connectivity index (χ4v) is 1.94. The van der Waals surface area contributed by atoms with E-state index in [1.807, 2.05) is 19.9 Å². The van der Waals surface area contributed by atoms with Crippen LogP contribution in [0.4, 0.5) is 11.4 Å². The SMILES string of the molecule is Cc1ccc(C(C)Nc2ccc([N+](=O)[O-])cc2C(=O)O)o1. The van der Waals surface area contributed by atoms with Crippen molar-refractivity contribution >= 4 is 17.3 Å². The highest BCUT2D eigenvalue weighted by Crippen LogP contribution is 2.27. The molecule has 0 saturated carbocycles. The van der Waals surface area contributed by atoms with Crippen molar-refractivity contribution in [1.82, 2.24) is 0 Å². The van der Waals surface area contributed by atoms with Crippen LogP contribution >= 0.6 is 0 Å². The zero-order chi connectivity index (χ0) is 15.6. The number of hydrogen-bond donors (Lipinski definition) is 2. The molecule has 1 unspecified atom stereocenters. The summed E-state index contributed by atoms with van der Waals surface area (Å²) >= 11 is 0. The van der Waals surface area contributed by atoms with Gasteiger partial charge in [0.05, 0.1) is 16.5 Å². The van der Waals surface area contributed by atoms with E-state index in [2.05, 4.69) is 5.32 Å². The van der Waals surface area contributed by atoms with Gasteiger partial charge in [-0.05, 0) is 32.0 Å². The van der Waals surface area contributed by atoms with E-state index in [-0.39, 0.29) is 17.3 Å². The van der Waals surface area contributed by atoms with Crippen molar-refractivity contribution < 1.29 is 19.2 Å². The van der Waals surface area contributed by atoms with Crippen molar-refractivity contribution in [2.24, 2.45) is 0 Å². The third-order valence-corrected chi connectivity index (χ3v) is 3.00. The number of carboxylic acids is 1. The number of carbonyl (C=O) groups is 1. The molecular weight excluding hydrogens is 276 g/mol. The Kier molecular flexibility index (Phi) is 3.93. The molecule has 2 N–H and O–H groups in total. The Labute approximate surface area is 120 Å². The fraction of sp³-hybridized carbons (Fsp3) is 0.214. The largest absolute Gasteiger partial charge is 0.478 e. The van der Waals surface area contributed by atoms with Crippen molar-refractivity contribution in [3.05, 3.63) is 57.5 Å². The molecule has 0 bridgehead atoms. The molecule has 0 aliphatic heterocycles. The number of anilines is 1. The Morgan fingerprint density at radius 3 is 2.62 bits per heavy atom. The average molecular weight is 290 g/mol. The molecule has 0 fully saturated rings. The predicted octanol–water partition coefficient (Wildman–Crippen LogP) is 3.37. The van der Waals surface area contributed by atoms with E-state index in [1.165, 1.54) is 12.1 Å². The van der Waals surface area contributed by atoms with Gasteiger partial charge in [0.15, 0.2) is 0 Å². The molecule has 1 aromatic heterocycles. The molecule has 2 aromatic rings. The summed E-state index contributed by atoms with van der Waals surface area (Å²) in [6.07, 6.45) is 0. The quantitative estimate of drug-likeness (QED) is 0.646. The fourth-order valence-electron chi connectivity index (χ4n) is 1.94. The monoisotopic (exact) mass is 290 g/mol. The van der Waals surface area contributed by atoms with E-state index >= 15 is 0 Å². The highest BCUT2D eigenvalue weighted by Gasteiger charge is 2.18. The number of nitrogens with zero attached hydrogens (tertiary/aromatic N) is 1. The lowest BCUT2D eigenvalue weighted by Gasteiger charge is -2.14. The van der Waals surface area contributed by atoms with Crippen LogP contribution in [0.25, 0.3) is 0 Å². The first-order valence-corrected chi connectivity index (χ1v) is 6.23. The minimum absolute atomic E-state index is 0.153. The number of hydrogen-bond acceptors (Lipinski definition) is 5. The second-order valence-electron chi connectivity index (χ2n) is 4.61. The van der Waals surface area contributed by atoms with Crippen LogP contribution in [-0.2, 0) is 0 Å². The van der Waals surface area contributed by atoms with Crippen molar-refractivity contribution in [3.63, 3.8) is 0 Å². The summed E-state index contributed by atoms with van der Waals surface area (Å²) in [4.78, 5) is 21.3. The van der Waals surface area contributed by atoms with Crippen molar-refractivity contribution in [3.8, 4) is 0 Å². The molecule has 1 heterocycles. The number of benzene rings is 1. The van der Waals surface area contributed by atoms with Gasteiger partial charge >= 0.3 is 5.97 Å². The maximum absolute atomic E-state index is 11.2. The number of nitro groups is 1. The summed E-state index contributed by atoms with van der Waals surface area (Å²) in [5.41, 5.74) is -0.117. The molecule has 7 nitrogen and oxygen atoms in total. The van der Waals surface area contributed by atoms with Gasteiger partial charge in [-0.1, -0.05) is 0 Å². The van der Waals surface area contributed by atoms with Crippen molar-refractivity contribution in [2.45, 2.75) is 19.9 Å². The number of aromatic carboxylic acids is 1. The molecule has 0 saturated heterocycles. The molecule has 0 amide bonds. The lowest BCUT2D eigenvalue weighted by molar-refractivity contribution is -0.384. The predicted molar refractivity (Wildman–Crippen MR) is 75.5 cm³/mol. The highest BCUT2D eigenvalue weighted by atomic mass is 16.6. The number of rotatable bonds is 5. The van der Waals surface area contributed by atoms with Gasteiger partial charge in [0.1, 0.15) is 11.5 Å². The van der Waals surface area contributed by atoms with Gasteiger partial charge in [-0.2, -0.15) is 0 Å². The topological polar surface area (TPSA) is 106 Å². The second kappa shape index (κ2) is 5.66. The number of non-ortho nitro benzene ring substituents is 1. The molecule has 0 aliphatic carbocycles.